The summed E-state index contributed by atoms with van der Waals surface area (Å²) < 4.78 is 5.84. The fourth-order valence-electron chi connectivity index (χ4n) is 3.12. The summed E-state index contributed by atoms with van der Waals surface area (Å²) in [6.45, 7) is 3.87. The molecule has 0 saturated heterocycles. The van der Waals surface area contributed by atoms with Crippen LogP contribution in [0.15, 0.2) is 46.9 Å². The van der Waals surface area contributed by atoms with Gasteiger partial charge in [0.15, 0.2) is 5.76 Å². The lowest BCUT2D eigenvalue weighted by Crippen LogP contribution is -2.01. The van der Waals surface area contributed by atoms with E-state index >= 15 is 0 Å². The number of halogens is 1. The van der Waals surface area contributed by atoms with Crippen LogP contribution < -0.4 is 0 Å². The van der Waals surface area contributed by atoms with Crippen LogP contribution in [-0.4, -0.2) is 16.1 Å². The van der Waals surface area contributed by atoms with Crippen molar-refractivity contribution in [1.29, 1.82) is 0 Å². The first-order valence-electron chi connectivity index (χ1n) is 7.77. The third kappa shape index (κ3) is 2.65. The number of benzene rings is 2. The van der Waals surface area contributed by atoms with Gasteiger partial charge in [-0.15, -0.1) is 0 Å². The SMILES string of the molecule is Cc1cc(C)c2nc(-c3cc4cc(Cl)ccc4o3)cc(C(=O)O)c2c1. The Kier molecular flexibility index (Phi) is 3.51. The van der Waals surface area contributed by atoms with E-state index in [1.54, 1.807) is 24.3 Å². The first-order chi connectivity index (χ1) is 11.9. The Bertz CT molecular complexity index is 1160. The van der Waals surface area contributed by atoms with Crippen LogP contribution >= 0.6 is 11.6 Å². The number of furan rings is 1. The number of carbonyl (C=O) groups is 1. The largest absolute Gasteiger partial charge is 0.478 e. The summed E-state index contributed by atoms with van der Waals surface area (Å²) in [4.78, 5) is 16.4. The minimum absolute atomic E-state index is 0.213. The van der Waals surface area contributed by atoms with Crippen LogP contribution in [0.3, 0.4) is 0 Å². The van der Waals surface area contributed by atoms with Gasteiger partial charge in [0.25, 0.3) is 0 Å². The third-order valence-electron chi connectivity index (χ3n) is 4.21. The maximum Gasteiger partial charge on any atom is 0.336 e. The molecular weight excluding hydrogens is 338 g/mol. The Hall–Kier alpha value is -2.85. The number of aryl methyl sites for hydroxylation is 2. The second kappa shape index (κ2) is 5.60. The molecule has 1 N–H and O–H groups in total. The van der Waals surface area contributed by atoms with E-state index in [9.17, 15) is 9.90 Å². The lowest BCUT2D eigenvalue weighted by Gasteiger charge is -2.09. The van der Waals surface area contributed by atoms with Crippen LogP contribution in [0, 0.1) is 13.8 Å². The number of pyridine rings is 1. The van der Waals surface area contributed by atoms with E-state index < -0.39 is 5.97 Å². The average Bonchev–Trinajstić information content (AvgIpc) is 2.96. The van der Waals surface area contributed by atoms with E-state index in [2.05, 4.69) is 4.98 Å². The van der Waals surface area contributed by atoms with Crippen molar-refractivity contribution < 1.29 is 14.3 Å². The summed E-state index contributed by atoms with van der Waals surface area (Å²) in [7, 11) is 0. The Morgan fingerprint density at radius 1 is 1.12 bits per heavy atom. The normalized spacial score (nSPS) is 11.3. The fraction of sp³-hybridized carbons (Fsp3) is 0.100. The van der Waals surface area contributed by atoms with Crippen molar-refractivity contribution in [3.8, 4) is 11.5 Å². The van der Waals surface area contributed by atoms with Gasteiger partial charge in [-0.3, -0.25) is 0 Å². The predicted molar refractivity (Wildman–Crippen MR) is 98.4 cm³/mol. The molecule has 0 amide bonds. The van der Waals surface area contributed by atoms with Gasteiger partial charge in [-0.2, -0.15) is 0 Å². The molecule has 0 aliphatic heterocycles. The van der Waals surface area contributed by atoms with E-state index in [1.165, 1.54) is 0 Å². The average molecular weight is 352 g/mol. The van der Waals surface area contributed by atoms with Gasteiger partial charge in [0, 0.05) is 15.8 Å². The van der Waals surface area contributed by atoms with Crippen LogP contribution in [-0.2, 0) is 0 Å². The van der Waals surface area contributed by atoms with E-state index in [0.29, 0.717) is 33.0 Å². The molecule has 2 aromatic carbocycles. The van der Waals surface area contributed by atoms with Gasteiger partial charge in [-0.25, -0.2) is 9.78 Å². The van der Waals surface area contributed by atoms with E-state index in [1.807, 2.05) is 32.0 Å². The quantitative estimate of drug-likeness (QED) is 0.509. The molecule has 2 heterocycles. The fourth-order valence-corrected chi connectivity index (χ4v) is 3.31. The molecule has 25 heavy (non-hydrogen) atoms. The smallest absolute Gasteiger partial charge is 0.336 e. The summed E-state index contributed by atoms with van der Waals surface area (Å²) in [6, 6.07) is 12.6. The number of fused-ring (bicyclic) bond motifs is 2. The molecule has 0 bridgehead atoms. The van der Waals surface area contributed by atoms with Crippen molar-refractivity contribution in [2.75, 3.05) is 0 Å². The highest BCUT2D eigenvalue weighted by Gasteiger charge is 2.17. The molecule has 0 unspecified atom stereocenters. The molecule has 4 rings (SSSR count). The van der Waals surface area contributed by atoms with Gasteiger partial charge >= 0.3 is 5.97 Å². The number of nitrogens with zero attached hydrogens (tertiary/aromatic N) is 1. The van der Waals surface area contributed by atoms with Gasteiger partial charge in [-0.05, 0) is 55.8 Å². The van der Waals surface area contributed by atoms with Crippen molar-refractivity contribution >= 4 is 39.4 Å². The molecular formula is C20H14ClNO3. The molecule has 0 atom stereocenters. The summed E-state index contributed by atoms with van der Waals surface area (Å²) >= 11 is 6.02. The lowest BCUT2D eigenvalue weighted by molar-refractivity contribution is 0.0699. The highest BCUT2D eigenvalue weighted by atomic mass is 35.5. The Morgan fingerprint density at radius 2 is 1.92 bits per heavy atom. The highest BCUT2D eigenvalue weighted by Crippen LogP contribution is 2.32. The second-order valence-corrected chi connectivity index (χ2v) is 6.57. The third-order valence-corrected chi connectivity index (χ3v) is 4.44. The molecule has 0 aliphatic carbocycles. The molecule has 0 saturated carbocycles. The number of aromatic carboxylic acids is 1. The van der Waals surface area contributed by atoms with Crippen LogP contribution in [0.5, 0.6) is 0 Å². The number of carboxylic acid groups (broad SMARTS) is 1. The van der Waals surface area contributed by atoms with E-state index in [-0.39, 0.29) is 5.56 Å². The number of rotatable bonds is 2. The van der Waals surface area contributed by atoms with Crippen molar-refractivity contribution in [1.82, 2.24) is 4.98 Å². The molecule has 0 radical (unpaired) electrons. The molecule has 5 heteroatoms. The summed E-state index contributed by atoms with van der Waals surface area (Å²) in [5.74, 6) is -0.473. The van der Waals surface area contributed by atoms with Crippen LogP contribution in [0.4, 0.5) is 0 Å². The van der Waals surface area contributed by atoms with Gasteiger partial charge in [-0.1, -0.05) is 23.2 Å². The number of hydrogen-bond donors (Lipinski definition) is 1. The second-order valence-electron chi connectivity index (χ2n) is 6.13. The maximum atomic E-state index is 11.8. The zero-order chi connectivity index (χ0) is 17.7. The number of hydrogen-bond acceptors (Lipinski definition) is 3. The first-order valence-corrected chi connectivity index (χ1v) is 8.15. The van der Waals surface area contributed by atoms with Gasteiger partial charge in [0.2, 0.25) is 0 Å². The van der Waals surface area contributed by atoms with Crippen molar-refractivity contribution in [2.24, 2.45) is 0 Å². The Balaban J connectivity index is 2.02. The highest BCUT2D eigenvalue weighted by molar-refractivity contribution is 6.31. The van der Waals surface area contributed by atoms with E-state index in [4.69, 9.17) is 16.0 Å². The monoisotopic (exact) mass is 351 g/mol. The van der Waals surface area contributed by atoms with Crippen molar-refractivity contribution in [2.45, 2.75) is 13.8 Å². The Morgan fingerprint density at radius 3 is 2.68 bits per heavy atom. The maximum absolute atomic E-state index is 11.8. The van der Waals surface area contributed by atoms with Crippen LogP contribution in [0.1, 0.15) is 21.5 Å². The standard InChI is InChI=1S/C20H14ClNO3/c1-10-5-11(2)19-14(6-10)15(20(23)24)9-16(22-19)18-8-12-7-13(21)3-4-17(12)25-18/h3-9H,1-2H3,(H,23,24). The summed E-state index contributed by atoms with van der Waals surface area (Å²) in [5.41, 5.74) is 3.98. The molecule has 0 aliphatic rings. The summed E-state index contributed by atoms with van der Waals surface area (Å²) in [6.07, 6.45) is 0. The van der Waals surface area contributed by atoms with Gasteiger partial charge in [0.1, 0.15) is 11.3 Å². The van der Waals surface area contributed by atoms with Crippen molar-refractivity contribution in [3.63, 3.8) is 0 Å². The molecule has 124 valence electrons. The van der Waals surface area contributed by atoms with E-state index in [0.717, 1.165) is 16.5 Å². The predicted octanol–water partition coefficient (Wildman–Crippen LogP) is 5.62. The molecule has 4 aromatic rings. The Labute approximate surface area is 148 Å². The molecule has 0 spiro atoms. The zero-order valence-electron chi connectivity index (χ0n) is 13.6. The topological polar surface area (TPSA) is 63.3 Å². The van der Waals surface area contributed by atoms with Crippen molar-refractivity contribution in [3.05, 3.63) is 64.2 Å². The molecule has 2 aromatic heterocycles. The molecule has 0 fully saturated rings. The number of carboxylic acids is 1. The zero-order valence-corrected chi connectivity index (χ0v) is 14.4. The minimum atomic E-state index is -0.988. The minimum Gasteiger partial charge on any atom is -0.478 e. The van der Waals surface area contributed by atoms with Crippen LogP contribution in [0.2, 0.25) is 5.02 Å². The van der Waals surface area contributed by atoms with Crippen LogP contribution in [0.25, 0.3) is 33.3 Å². The first kappa shape index (κ1) is 15.7. The summed E-state index contributed by atoms with van der Waals surface area (Å²) in [5, 5.41) is 11.7. The lowest BCUT2D eigenvalue weighted by atomic mass is 10.0. The van der Waals surface area contributed by atoms with Gasteiger partial charge in [0.05, 0.1) is 11.1 Å². The van der Waals surface area contributed by atoms with Gasteiger partial charge < -0.3 is 9.52 Å². The molecule has 4 nitrogen and oxygen atoms in total. The number of aromatic nitrogens is 1.